The molecule has 5 nitrogen and oxygen atoms in total. The Labute approximate surface area is 155 Å². The highest BCUT2D eigenvalue weighted by molar-refractivity contribution is 5.94. The smallest absolute Gasteiger partial charge is 0.253 e. The summed E-state index contributed by atoms with van der Waals surface area (Å²) in [5.41, 5.74) is 3.86. The standard InChI is InChI=1S/C21H28N4O/c1-15-13-16(2)25(23-15)20-7-5-18(6-8-20)21(26)24-11-9-19(10-12-24)22-14-17-3-4-17/h5-8,13,17,19,22H,3-4,9-12,14H2,1-2H3. The van der Waals surface area contributed by atoms with Gasteiger partial charge in [-0.3, -0.25) is 4.79 Å². The van der Waals surface area contributed by atoms with Crippen molar-refractivity contribution in [2.45, 2.75) is 45.6 Å². The van der Waals surface area contributed by atoms with Crippen molar-refractivity contribution in [2.75, 3.05) is 19.6 Å². The van der Waals surface area contributed by atoms with Crippen molar-refractivity contribution < 1.29 is 4.79 Å². The number of carbonyl (C=O) groups is 1. The van der Waals surface area contributed by atoms with E-state index < -0.39 is 0 Å². The number of nitrogens with zero attached hydrogens (tertiary/aromatic N) is 3. The van der Waals surface area contributed by atoms with Crippen LogP contribution in [0, 0.1) is 19.8 Å². The zero-order valence-corrected chi connectivity index (χ0v) is 15.7. The molecule has 1 saturated carbocycles. The monoisotopic (exact) mass is 352 g/mol. The van der Waals surface area contributed by atoms with Crippen molar-refractivity contribution in [3.63, 3.8) is 0 Å². The van der Waals surface area contributed by atoms with E-state index in [2.05, 4.69) is 16.5 Å². The number of hydrogen-bond acceptors (Lipinski definition) is 3. The molecule has 0 unspecified atom stereocenters. The largest absolute Gasteiger partial charge is 0.339 e. The zero-order chi connectivity index (χ0) is 18.1. The van der Waals surface area contributed by atoms with Crippen molar-refractivity contribution in [3.05, 3.63) is 47.3 Å². The Kier molecular flexibility index (Phi) is 4.81. The Morgan fingerprint density at radius 1 is 1.12 bits per heavy atom. The fourth-order valence-electron chi connectivity index (χ4n) is 3.76. The number of hydrogen-bond donors (Lipinski definition) is 1. The Bertz CT molecular complexity index is 768. The van der Waals surface area contributed by atoms with Gasteiger partial charge in [-0.05, 0) is 82.3 Å². The average Bonchev–Trinajstić information content (AvgIpc) is 3.43. The predicted molar refractivity (Wildman–Crippen MR) is 103 cm³/mol. The van der Waals surface area contributed by atoms with Gasteiger partial charge in [-0.1, -0.05) is 0 Å². The summed E-state index contributed by atoms with van der Waals surface area (Å²) in [4.78, 5) is 14.8. The second-order valence-electron chi connectivity index (χ2n) is 7.80. The number of nitrogens with one attached hydrogen (secondary N) is 1. The molecule has 1 saturated heterocycles. The zero-order valence-electron chi connectivity index (χ0n) is 15.7. The summed E-state index contributed by atoms with van der Waals surface area (Å²) in [6, 6.07) is 10.4. The van der Waals surface area contributed by atoms with Gasteiger partial charge in [0.25, 0.3) is 5.91 Å². The minimum Gasteiger partial charge on any atom is -0.339 e. The van der Waals surface area contributed by atoms with E-state index >= 15 is 0 Å². The molecular formula is C21H28N4O. The summed E-state index contributed by atoms with van der Waals surface area (Å²) in [6.07, 6.45) is 4.89. The quantitative estimate of drug-likeness (QED) is 0.900. The number of piperidine rings is 1. The average molecular weight is 352 g/mol. The van der Waals surface area contributed by atoms with Crippen LogP contribution in [0.15, 0.2) is 30.3 Å². The highest BCUT2D eigenvalue weighted by atomic mass is 16.2. The third kappa shape index (κ3) is 3.83. The summed E-state index contributed by atoms with van der Waals surface area (Å²) < 4.78 is 1.92. The van der Waals surface area contributed by atoms with Gasteiger partial charge < -0.3 is 10.2 Å². The maximum absolute atomic E-state index is 12.8. The predicted octanol–water partition coefficient (Wildman–Crippen LogP) is 3.09. The van der Waals surface area contributed by atoms with Gasteiger partial charge in [0, 0.05) is 30.4 Å². The first-order valence-corrected chi connectivity index (χ1v) is 9.76. The summed E-state index contributed by atoms with van der Waals surface area (Å²) in [7, 11) is 0. The van der Waals surface area contributed by atoms with Gasteiger partial charge >= 0.3 is 0 Å². The number of aromatic nitrogens is 2. The summed E-state index contributed by atoms with van der Waals surface area (Å²) in [5, 5.41) is 8.17. The number of likely N-dealkylation sites (tertiary alicyclic amines) is 1. The molecule has 0 bridgehead atoms. The molecule has 0 atom stereocenters. The number of benzene rings is 1. The number of aryl methyl sites for hydroxylation is 2. The molecule has 1 aromatic heterocycles. The first-order valence-electron chi connectivity index (χ1n) is 9.76. The van der Waals surface area contributed by atoms with Gasteiger partial charge in [0.05, 0.1) is 11.4 Å². The van der Waals surface area contributed by atoms with Gasteiger partial charge in [-0.25, -0.2) is 4.68 Å². The van der Waals surface area contributed by atoms with Crippen LogP contribution in [0.1, 0.15) is 47.4 Å². The van der Waals surface area contributed by atoms with E-state index in [0.717, 1.165) is 61.0 Å². The minimum atomic E-state index is 0.144. The van der Waals surface area contributed by atoms with Crippen LogP contribution in [-0.4, -0.2) is 46.3 Å². The lowest BCUT2D eigenvalue weighted by Gasteiger charge is -2.32. The lowest BCUT2D eigenvalue weighted by Crippen LogP contribution is -2.45. The Balaban J connectivity index is 1.35. The number of amides is 1. The molecule has 0 radical (unpaired) electrons. The van der Waals surface area contributed by atoms with Crippen molar-refractivity contribution >= 4 is 5.91 Å². The van der Waals surface area contributed by atoms with E-state index in [1.165, 1.54) is 12.8 Å². The van der Waals surface area contributed by atoms with E-state index in [0.29, 0.717) is 6.04 Å². The van der Waals surface area contributed by atoms with Crippen molar-refractivity contribution in [2.24, 2.45) is 5.92 Å². The van der Waals surface area contributed by atoms with Crippen molar-refractivity contribution in [1.29, 1.82) is 0 Å². The van der Waals surface area contributed by atoms with Gasteiger partial charge in [-0.2, -0.15) is 5.10 Å². The maximum Gasteiger partial charge on any atom is 0.253 e. The fourth-order valence-corrected chi connectivity index (χ4v) is 3.76. The molecule has 138 valence electrons. The molecule has 1 aliphatic carbocycles. The molecule has 1 aliphatic heterocycles. The Morgan fingerprint density at radius 2 is 1.81 bits per heavy atom. The highest BCUT2D eigenvalue weighted by Crippen LogP contribution is 2.28. The minimum absolute atomic E-state index is 0.144. The van der Waals surface area contributed by atoms with E-state index in [-0.39, 0.29) is 5.91 Å². The molecule has 2 heterocycles. The molecule has 0 spiro atoms. The molecule has 1 aromatic carbocycles. The van der Waals surface area contributed by atoms with Crippen LogP contribution in [0.25, 0.3) is 5.69 Å². The van der Waals surface area contributed by atoms with E-state index in [9.17, 15) is 4.79 Å². The third-order valence-corrected chi connectivity index (χ3v) is 5.54. The van der Waals surface area contributed by atoms with E-state index in [1.54, 1.807) is 0 Å². The van der Waals surface area contributed by atoms with Crippen LogP contribution in [0.2, 0.25) is 0 Å². The lowest BCUT2D eigenvalue weighted by atomic mass is 10.0. The Hall–Kier alpha value is -2.14. The first-order chi connectivity index (χ1) is 12.6. The van der Waals surface area contributed by atoms with Crippen LogP contribution >= 0.6 is 0 Å². The highest BCUT2D eigenvalue weighted by Gasteiger charge is 2.26. The van der Waals surface area contributed by atoms with Crippen LogP contribution in [0.4, 0.5) is 0 Å². The molecule has 4 rings (SSSR count). The molecule has 26 heavy (non-hydrogen) atoms. The second kappa shape index (κ2) is 7.23. The van der Waals surface area contributed by atoms with Gasteiger partial charge in [0.15, 0.2) is 0 Å². The summed E-state index contributed by atoms with van der Waals surface area (Å²) in [6.45, 7) is 6.89. The molecule has 5 heteroatoms. The second-order valence-corrected chi connectivity index (χ2v) is 7.80. The molecular weight excluding hydrogens is 324 g/mol. The molecule has 1 amide bonds. The van der Waals surface area contributed by atoms with Gasteiger partial charge in [-0.15, -0.1) is 0 Å². The van der Waals surface area contributed by atoms with Crippen molar-refractivity contribution in [1.82, 2.24) is 20.0 Å². The fraction of sp³-hybridized carbons (Fsp3) is 0.524. The van der Waals surface area contributed by atoms with Crippen molar-refractivity contribution in [3.8, 4) is 5.69 Å². The summed E-state index contributed by atoms with van der Waals surface area (Å²) in [5.74, 6) is 1.06. The Morgan fingerprint density at radius 3 is 2.38 bits per heavy atom. The van der Waals surface area contributed by atoms with Crippen LogP contribution < -0.4 is 5.32 Å². The molecule has 2 aromatic rings. The number of rotatable bonds is 5. The van der Waals surface area contributed by atoms with Crippen LogP contribution in [-0.2, 0) is 0 Å². The number of carbonyl (C=O) groups excluding carboxylic acids is 1. The van der Waals surface area contributed by atoms with Crippen LogP contribution in [0.5, 0.6) is 0 Å². The molecule has 1 N–H and O–H groups in total. The topological polar surface area (TPSA) is 50.2 Å². The van der Waals surface area contributed by atoms with E-state index in [4.69, 9.17) is 0 Å². The van der Waals surface area contributed by atoms with E-state index in [1.807, 2.05) is 47.7 Å². The molecule has 2 aliphatic rings. The van der Waals surface area contributed by atoms with Gasteiger partial charge in [0.1, 0.15) is 0 Å². The van der Waals surface area contributed by atoms with Crippen LogP contribution in [0.3, 0.4) is 0 Å². The maximum atomic E-state index is 12.8. The SMILES string of the molecule is Cc1cc(C)n(-c2ccc(C(=O)N3CCC(NCC4CC4)CC3)cc2)n1. The molecule has 2 fully saturated rings. The summed E-state index contributed by atoms with van der Waals surface area (Å²) >= 11 is 0. The third-order valence-electron chi connectivity index (χ3n) is 5.54. The normalized spacial score (nSPS) is 18.3. The van der Waals surface area contributed by atoms with Gasteiger partial charge in [0.2, 0.25) is 0 Å². The first kappa shape index (κ1) is 17.3. The lowest BCUT2D eigenvalue weighted by molar-refractivity contribution is 0.0705.